The van der Waals surface area contributed by atoms with Gasteiger partial charge in [-0.15, -0.1) is 0 Å². The Morgan fingerprint density at radius 2 is 1.90 bits per heavy atom. The number of rotatable bonds is 4. The number of halogens is 3. The van der Waals surface area contributed by atoms with Gasteiger partial charge in [0.05, 0.1) is 11.3 Å². The third-order valence-corrected chi connectivity index (χ3v) is 5.64. The molecule has 9 heteroatoms. The standard InChI is InChI=1S/C20H25F3N6/c1-13-3-2-10-29(13)19-26-16(14-4-7-24-8-5-14)12-18(28-19)27-17-11-15(6-9-25-17)20(21,22)23/h6,9,11-14,24H,2-5,7-8,10H2,1H3,(H,25,26,27,28)/t13-/m0/s1. The summed E-state index contributed by atoms with van der Waals surface area (Å²) in [4.78, 5) is 15.7. The second-order valence-electron chi connectivity index (χ2n) is 7.74. The van der Waals surface area contributed by atoms with Gasteiger partial charge in [-0.1, -0.05) is 0 Å². The Morgan fingerprint density at radius 1 is 1.10 bits per heavy atom. The van der Waals surface area contributed by atoms with Crippen molar-refractivity contribution in [3.05, 3.63) is 35.7 Å². The lowest BCUT2D eigenvalue weighted by atomic mass is 9.94. The van der Waals surface area contributed by atoms with Crippen LogP contribution >= 0.6 is 0 Å². The van der Waals surface area contributed by atoms with E-state index >= 15 is 0 Å². The minimum absolute atomic E-state index is 0.121. The van der Waals surface area contributed by atoms with E-state index in [2.05, 4.69) is 32.4 Å². The molecule has 2 saturated heterocycles. The Morgan fingerprint density at radius 3 is 2.59 bits per heavy atom. The smallest absolute Gasteiger partial charge is 0.338 e. The lowest BCUT2D eigenvalue weighted by Crippen LogP contribution is -2.30. The molecular weight excluding hydrogens is 381 g/mol. The van der Waals surface area contributed by atoms with Crippen LogP contribution in [0.4, 0.5) is 30.8 Å². The van der Waals surface area contributed by atoms with E-state index in [1.54, 1.807) is 0 Å². The molecule has 6 nitrogen and oxygen atoms in total. The first-order valence-electron chi connectivity index (χ1n) is 10.1. The van der Waals surface area contributed by atoms with Crippen LogP contribution in [0.1, 0.15) is 49.8 Å². The van der Waals surface area contributed by atoms with E-state index in [0.29, 0.717) is 23.7 Å². The maximum atomic E-state index is 13.0. The van der Waals surface area contributed by atoms with Gasteiger partial charge in [0.2, 0.25) is 5.95 Å². The summed E-state index contributed by atoms with van der Waals surface area (Å²) in [7, 11) is 0. The van der Waals surface area contributed by atoms with E-state index in [0.717, 1.165) is 69.3 Å². The van der Waals surface area contributed by atoms with Crippen molar-refractivity contribution in [3.8, 4) is 0 Å². The van der Waals surface area contributed by atoms with Gasteiger partial charge in [0.15, 0.2) is 0 Å². The summed E-state index contributed by atoms with van der Waals surface area (Å²) in [6, 6.07) is 4.16. The van der Waals surface area contributed by atoms with E-state index in [9.17, 15) is 13.2 Å². The number of nitrogens with zero attached hydrogens (tertiary/aromatic N) is 4. The Kier molecular flexibility index (Phi) is 5.58. The van der Waals surface area contributed by atoms with Crippen LogP contribution in [0.15, 0.2) is 24.4 Å². The Hall–Kier alpha value is -2.42. The molecule has 0 saturated carbocycles. The van der Waals surface area contributed by atoms with Gasteiger partial charge in [-0.25, -0.2) is 9.97 Å². The molecule has 29 heavy (non-hydrogen) atoms. The highest BCUT2D eigenvalue weighted by Gasteiger charge is 2.31. The van der Waals surface area contributed by atoms with Crippen molar-refractivity contribution in [2.45, 2.75) is 50.7 Å². The monoisotopic (exact) mass is 406 g/mol. The van der Waals surface area contributed by atoms with Crippen LogP contribution < -0.4 is 15.5 Å². The van der Waals surface area contributed by atoms with Crippen molar-refractivity contribution in [2.24, 2.45) is 0 Å². The first-order chi connectivity index (χ1) is 13.9. The summed E-state index contributed by atoms with van der Waals surface area (Å²) in [5, 5.41) is 6.32. The highest BCUT2D eigenvalue weighted by atomic mass is 19.4. The predicted octanol–water partition coefficient (Wildman–Crippen LogP) is 4.09. The lowest BCUT2D eigenvalue weighted by molar-refractivity contribution is -0.137. The molecule has 4 heterocycles. The second-order valence-corrected chi connectivity index (χ2v) is 7.74. The van der Waals surface area contributed by atoms with Gasteiger partial charge in [0, 0.05) is 30.8 Å². The largest absolute Gasteiger partial charge is 0.416 e. The van der Waals surface area contributed by atoms with Gasteiger partial charge in [-0.3, -0.25) is 0 Å². The SMILES string of the molecule is C[C@H]1CCCN1c1nc(Nc2cc(C(F)(F)F)ccn2)cc(C2CCNCC2)n1. The molecule has 2 aromatic heterocycles. The minimum Gasteiger partial charge on any atom is -0.338 e. The first kappa shape index (κ1) is 19.9. The third kappa shape index (κ3) is 4.60. The van der Waals surface area contributed by atoms with Gasteiger partial charge in [0.1, 0.15) is 11.6 Å². The van der Waals surface area contributed by atoms with Crippen molar-refractivity contribution in [1.29, 1.82) is 0 Å². The average Bonchev–Trinajstić information content (AvgIpc) is 3.14. The maximum absolute atomic E-state index is 13.0. The molecule has 2 fully saturated rings. The lowest BCUT2D eigenvalue weighted by Gasteiger charge is -2.26. The van der Waals surface area contributed by atoms with Gasteiger partial charge in [-0.2, -0.15) is 18.2 Å². The quantitative estimate of drug-likeness (QED) is 0.797. The predicted molar refractivity (Wildman–Crippen MR) is 105 cm³/mol. The highest BCUT2D eigenvalue weighted by Crippen LogP contribution is 2.32. The van der Waals surface area contributed by atoms with Crippen molar-refractivity contribution < 1.29 is 13.2 Å². The number of hydrogen-bond acceptors (Lipinski definition) is 6. The van der Waals surface area contributed by atoms with Gasteiger partial charge < -0.3 is 15.5 Å². The van der Waals surface area contributed by atoms with Crippen molar-refractivity contribution in [2.75, 3.05) is 29.9 Å². The molecule has 4 rings (SSSR count). The van der Waals surface area contributed by atoms with E-state index in [4.69, 9.17) is 4.98 Å². The fraction of sp³-hybridized carbons (Fsp3) is 0.550. The maximum Gasteiger partial charge on any atom is 0.416 e. The van der Waals surface area contributed by atoms with Gasteiger partial charge >= 0.3 is 6.18 Å². The first-order valence-corrected chi connectivity index (χ1v) is 10.1. The summed E-state index contributed by atoms with van der Waals surface area (Å²) in [5.41, 5.74) is 0.195. The molecule has 2 aliphatic heterocycles. The van der Waals surface area contributed by atoms with E-state index < -0.39 is 11.7 Å². The molecule has 1 atom stereocenters. The van der Waals surface area contributed by atoms with Gasteiger partial charge in [0.25, 0.3) is 0 Å². The van der Waals surface area contributed by atoms with Gasteiger partial charge in [-0.05, 0) is 57.8 Å². The molecule has 2 N–H and O–H groups in total. The van der Waals surface area contributed by atoms with Crippen LogP contribution in [-0.4, -0.2) is 40.6 Å². The van der Waals surface area contributed by atoms with Crippen LogP contribution in [0.5, 0.6) is 0 Å². The van der Waals surface area contributed by atoms with Crippen molar-refractivity contribution in [1.82, 2.24) is 20.3 Å². The number of aromatic nitrogens is 3. The van der Waals surface area contributed by atoms with Crippen molar-refractivity contribution in [3.63, 3.8) is 0 Å². The number of nitrogens with one attached hydrogen (secondary N) is 2. The zero-order valence-corrected chi connectivity index (χ0v) is 16.3. The van der Waals surface area contributed by atoms with Crippen LogP contribution in [-0.2, 0) is 6.18 Å². The molecule has 0 unspecified atom stereocenters. The molecule has 0 aromatic carbocycles. The average molecular weight is 406 g/mol. The number of anilines is 3. The van der Waals surface area contributed by atoms with E-state index in [-0.39, 0.29) is 5.82 Å². The highest BCUT2D eigenvalue weighted by molar-refractivity contribution is 5.55. The molecule has 0 bridgehead atoms. The number of piperidine rings is 1. The molecule has 2 aromatic rings. The third-order valence-electron chi connectivity index (χ3n) is 5.64. The molecule has 0 spiro atoms. The molecular formula is C20H25F3N6. The molecule has 0 radical (unpaired) electrons. The summed E-state index contributed by atoms with van der Waals surface area (Å²) < 4.78 is 39.1. The zero-order valence-electron chi connectivity index (χ0n) is 16.3. The normalized spacial score (nSPS) is 20.8. The van der Waals surface area contributed by atoms with Crippen LogP contribution in [0.2, 0.25) is 0 Å². The Labute approximate surface area is 168 Å². The minimum atomic E-state index is -4.42. The summed E-state index contributed by atoms with van der Waals surface area (Å²) >= 11 is 0. The number of alkyl halides is 3. The second kappa shape index (κ2) is 8.14. The fourth-order valence-corrected chi connectivity index (χ4v) is 4.01. The molecule has 0 aliphatic carbocycles. The topological polar surface area (TPSA) is 66.0 Å². The molecule has 2 aliphatic rings. The summed E-state index contributed by atoms with van der Waals surface area (Å²) in [6.07, 6.45) is 0.865. The molecule has 0 amide bonds. The van der Waals surface area contributed by atoms with Crippen LogP contribution in [0.3, 0.4) is 0 Å². The van der Waals surface area contributed by atoms with Crippen molar-refractivity contribution >= 4 is 17.6 Å². The van der Waals surface area contributed by atoms with E-state index in [1.165, 1.54) is 0 Å². The van der Waals surface area contributed by atoms with E-state index in [1.807, 2.05) is 6.07 Å². The summed E-state index contributed by atoms with van der Waals surface area (Å²) in [6.45, 7) is 4.90. The fourth-order valence-electron chi connectivity index (χ4n) is 4.01. The Balaban J connectivity index is 1.66. The Bertz CT molecular complexity index is 850. The molecule has 156 valence electrons. The number of pyridine rings is 1. The van der Waals surface area contributed by atoms with Crippen LogP contribution in [0.25, 0.3) is 0 Å². The summed E-state index contributed by atoms with van der Waals surface area (Å²) in [5.74, 6) is 1.55. The number of hydrogen-bond donors (Lipinski definition) is 2. The zero-order chi connectivity index (χ0) is 20.4. The van der Waals surface area contributed by atoms with Crippen LogP contribution in [0, 0.1) is 0 Å².